The summed E-state index contributed by atoms with van der Waals surface area (Å²) in [7, 11) is 9.86. The normalized spacial score (nSPS) is 10.9. The van der Waals surface area contributed by atoms with Crippen LogP contribution in [-0.4, -0.2) is 120 Å². The number of carbonyl (C=O) groups excluding carboxylic acids is 3. The van der Waals surface area contributed by atoms with Crippen molar-refractivity contribution in [1.82, 2.24) is 20.4 Å². The van der Waals surface area contributed by atoms with Gasteiger partial charge in [0.1, 0.15) is 34.5 Å². The molecule has 6 amide bonds. The minimum absolute atomic E-state index is 0.176. The van der Waals surface area contributed by atoms with E-state index in [9.17, 15) is 14.4 Å². The topological polar surface area (TPSA) is 173 Å². The summed E-state index contributed by atoms with van der Waals surface area (Å²) in [6.07, 6.45) is 0. The Bertz CT molecular complexity index is 5730. The number of urea groups is 3. The number of anilines is 3. The number of fused-ring (bicyclic) bond motifs is 3. The van der Waals surface area contributed by atoms with Gasteiger partial charge in [0, 0.05) is 107 Å². The number of ether oxygens (including phenoxy) is 6. The molecule has 0 fully saturated rings. The first-order chi connectivity index (χ1) is 61.9. The first kappa shape index (κ1) is 92.2. The summed E-state index contributed by atoms with van der Waals surface area (Å²) >= 11 is 12.2. The van der Waals surface area contributed by atoms with Crippen LogP contribution in [0.1, 0.15) is 50.1 Å². The minimum atomic E-state index is -0.487. The van der Waals surface area contributed by atoms with Crippen molar-refractivity contribution < 1.29 is 42.8 Å². The second kappa shape index (κ2) is 47.8. The van der Waals surface area contributed by atoms with Gasteiger partial charge in [0.2, 0.25) is 0 Å². The molecule has 0 aromatic heterocycles. The Morgan fingerprint density at radius 2 is 0.627 bits per heavy atom. The Hall–Kier alpha value is -13.0. The average Bonchev–Trinajstić information content (AvgIpc) is 0.772. The lowest BCUT2D eigenvalue weighted by Crippen LogP contribution is -2.37. The molecule has 126 heavy (non-hydrogen) atoms. The highest BCUT2D eigenvalue weighted by Gasteiger charge is 2.39. The van der Waals surface area contributed by atoms with Crippen molar-refractivity contribution in [3.63, 3.8) is 0 Å². The molecule has 0 bridgehead atoms. The fraction of sp³-hybridized carbons (Fsp3) is 0.179. The third-order valence-electron chi connectivity index (χ3n) is 21.3. The van der Waals surface area contributed by atoms with E-state index in [4.69, 9.17) is 28.4 Å². The second-order valence-corrected chi connectivity index (χ2v) is 32.6. The van der Waals surface area contributed by atoms with Crippen LogP contribution < -0.4 is 55.0 Å². The van der Waals surface area contributed by atoms with Gasteiger partial charge in [0.15, 0.2) is 0 Å². The lowest BCUT2D eigenvalue weighted by atomic mass is 9.84. The molecule has 16 nitrogen and oxygen atoms in total. The lowest BCUT2D eigenvalue weighted by Gasteiger charge is -2.36. The molecule has 15 rings (SSSR count). The van der Waals surface area contributed by atoms with Crippen molar-refractivity contribution >= 4 is 116 Å². The number of thioether (sulfide) groups is 2. The van der Waals surface area contributed by atoms with Crippen molar-refractivity contribution in [2.75, 3.05) is 108 Å². The summed E-state index contributed by atoms with van der Waals surface area (Å²) in [5.74, 6) is 7.20. The fourth-order valence-electron chi connectivity index (χ4n) is 15.1. The third kappa shape index (κ3) is 24.1. The zero-order chi connectivity index (χ0) is 88.1. The molecular weight excluding hydrogens is 1640 g/mol. The molecule has 0 radical (unpaired) electrons. The van der Waals surface area contributed by atoms with Gasteiger partial charge in [-0.25, -0.2) is 14.4 Å². The van der Waals surface area contributed by atoms with E-state index in [1.54, 1.807) is 47.6 Å². The maximum atomic E-state index is 14.2. The van der Waals surface area contributed by atoms with Gasteiger partial charge in [0.05, 0.1) is 82.3 Å². The lowest BCUT2D eigenvalue weighted by molar-refractivity contribution is 0.211. The Kier molecular flexibility index (Phi) is 35.0. The van der Waals surface area contributed by atoms with Crippen LogP contribution in [0.4, 0.5) is 31.4 Å². The van der Waals surface area contributed by atoms with Crippen LogP contribution in [0.15, 0.2) is 364 Å². The molecule has 15 aromatic rings. The molecule has 0 atom stereocenters. The van der Waals surface area contributed by atoms with E-state index in [-0.39, 0.29) is 22.8 Å². The number of nitrogens with zero attached hydrogens (tertiary/aromatic N) is 2. The number of hydrogen-bond donors (Lipinski definition) is 7. The van der Waals surface area contributed by atoms with Gasteiger partial charge >= 0.3 is 18.1 Å². The zero-order valence-electron chi connectivity index (χ0n) is 71.7. The SMILES string of the molecule is COc1ccc(CN(CCS)C(=O)Nc2cccc3ccccc23)c(OC)c1.COc1ccc(CN(CCSC(c2ccccc2)(c2ccccc2)c2ccccc2)C(=O)Nc2cccc3ccccc23)c(OC)c1.COc1ccc(CNCCSC(c2ccccc2)(c2ccccc2)c2ccccc2)c(OC)c1.O=C(NCCS)Nc1cccc2ccccc12. The maximum absolute atomic E-state index is 14.2. The van der Waals surface area contributed by atoms with E-state index in [0.29, 0.717) is 73.0 Å². The molecule has 0 unspecified atom stereocenters. The number of benzene rings is 15. The smallest absolute Gasteiger partial charge is 0.322 e. The maximum Gasteiger partial charge on any atom is 0.322 e. The monoisotopic (exact) mass is 1750 g/mol. The van der Waals surface area contributed by atoms with Crippen LogP contribution in [0.2, 0.25) is 0 Å². The summed E-state index contributed by atoms with van der Waals surface area (Å²) in [5.41, 5.74) is 12.7. The first-order valence-corrected chi connectivity index (χ1v) is 44.9. The number of hydrogen-bond acceptors (Lipinski definition) is 14. The standard InChI is InChI=1S/C41H38N2O3S.C30H31NO2S.C22H24N2O3S.C13H14N2OS/c1-45-36-26-25-32(39(29-36)46-2)30-43(40(44)42-38-24-14-16-31-15-12-13-23-37(31)38)27-28-47-41(33-17-6-3-7-18-33,34-19-8-4-9-20-34)35-21-10-5-11-22-35;1-32-28-19-18-24(29(22-28)33-2)23-31-20-21-34-30(25-12-6-3-7-13-25,26-14-8-4-9-15-26)27-16-10-5-11-17-27;1-26-18-11-10-17(21(14-18)27-2)15-24(12-13-28)22(25)23-20-9-5-7-16-6-3-4-8-19(16)20;16-13(14-8-9-17)15-12-7-3-5-10-4-1-2-6-11(10)12/h3-26,29H,27-28,30H2,1-2H3,(H,42,44);3-19,22,31H,20-21,23H2,1-2H3;3-11,14,28H,12-13,15H2,1-2H3,(H,23,25);1-7,17H,8-9H2,(H2,14,15,16). The Morgan fingerprint density at radius 3 is 0.968 bits per heavy atom. The molecule has 20 heteroatoms. The fourth-order valence-corrected chi connectivity index (χ4v) is 18.4. The van der Waals surface area contributed by atoms with Crippen LogP contribution in [0.3, 0.4) is 0 Å². The molecule has 15 aromatic carbocycles. The van der Waals surface area contributed by atoms with Gasteiger partial charge in [-0.15, -0.1) is 23.5 Å². The van der Waals surface area contributed by atoms with Crippen LogP contribution in [0, 0.1) is 0 Å². The van der Waals surface area contributed by atoms with Crippen molar-refractivity contribution in [3.8, 4) is 34.5 Å². The minimum Gasteiger partial charge on any atom is -0.497 e. The van der Waals surface area contributed by atoms with E-state index in [2.05, 4.69) is 252 Å². The second-order valence-electron chi connectivity index (χ2n) is 29.1. The highest BCUT2D eigenvalue weighted by Crippen LogP contribution is 2.50. The molecule has 0 saturated heterocycles. The molecule has 0 saturated carbocycles. The average molecular weight is 1750 g/mol. The van der Waals surface area contributed by atoms with Crippen LogP contribution in [-0.2, 0) is 29.1 Å². The van der Waals surface area contributed by atoms with Gasteiger partial charge < -0.3 is 64.8 Å². The van der Waals surface area contributed by atoms with Crippen molar-refractivity contribution in [3.05, 3.63) is 414 Å². The number of methoxy groups -OCH3 is 6. The molecule has 0 aliphatic rings. The number of thiol groups is 2. The molecule has 0 heterocycles. The Labute approximate surface area is 759 Å². The van der Waals surface area contributed by atoms with Gasteiger partial charge in [0.25, 0.3) is 0 Å². The molecule has 0 aliphatic carbocycles. The highest BCUT2D eigenvalue weighted by atomic mass is 32.2. The number of rotatable bonds is 33. The molecular formula is C106H107N7O9S4. The Morgan fingerprint density at radius 1 is 0.317 bits per heavy atom. The van der Waals surface area contributed by atoms with Gasteiger partial charge in [-0.1, -0.05) is 297 Å². The van der Waals surface area contributed by atoms with E-state index in [0.717, 1.165) is 96.4 Å². The van der Waals surface area contributed by atoms with E-state index in [1.807, 2.05) is 192 Å². The molecule has 0 aliphatic heterocycles. The predicted octanol–water partition coefficient (Wildman–Crippen LogP) is 23.8. The third-order valence-corrected chi connectivity index (χ3v) is 24.8. The summed E-state index contributed by atoms with van der Waals surface area (Å²) in [6, 6.07) is 123. The largest absolute Gasteiger partial charge is 0.497 e. The number of carbonyl (C=O) groups is 3. The zero-order valence-corrected chi connectivity index (χ0v) is 75.1. The predicted molar refractivity (Wildman–Crippen MR) is 529 cm³/mol. The van der Waals surface area contributed by atoms with E-state index < -0.39 is 4.75 Å². The number of nitrogens with one attached hydrogen (secondary N) is 5. The van der Waals surface area contributed by atoms with Crippen LogP contribution >= 0.6 is 48.8 Å². The van der Waals surface area contributed by atoms with Gasteiger partial charge in [-0.3, -0.25) is 0 Å². The van der Waals surface area contributed by atoms with Crippen molar-refractivity contribution in [2.24, 2.45) is 0 Å². The van der Waals surface area contributed by atoms with Gasteiger partial charge in [-0.2, -0.15) is 25.3 Å². The molecule has 644 valence electrons. The van der Waals surface area contributed by atoms with Crippen LogP contribution in [0.5, 0.6) is 34.5 Å². The Balaban J connectivity index is 0.000000161. The summed E-state index contributed by atoms with van der Waals surface area (Å²) < 4.78 is 32.0. The van der Waals surface area contributed by atoms with Gasteiger partial charge in [-0.05, 0) is 98.1 Å². The summed E-state index contributed by atoms with van der Waals surface area (Å²) in [4.78, 5) is 42.3. The quantitative estimate of drug-likeness (QED) is 0.0118. The van der Waals surface area contributed by atoms with Crippen molar-refractivity contribution in [1.29, 1.82) is 0 Å². The first-order valence-electron chi connectivity index (χ1n) is 41.6. The van der Waals surface area contributed by atoms with Crippen molar-refractivity contribution in [2.45, 2.75) is 29.1 Å². The summed E-state index contributed by atoms with van der Waals surface area (Å²) in [6.45, 7) is 3.93. The number of amides is 6. The highest BCUT2D eigenvalue weighted by molar-refractivity contribution is 8.00. The van der Waals surface area contributed by atoms with Crippen LogP contribution in [0.25, 0.3) is 32.3 Å². The molecule has 0 spiro atoms. The van der Waals surface area contributed by atoms with E-state index in [1.165, 1.54) is 33.4 Å². The summed E-state index contributed by atoms with van der Waals surface area (Å²) in [5, 5.41) is 21.7. The van der Waals surface area contributed by atoms with E-state index >= 15 is 0 Å². The molecule has 5 N–H and O–H groups in total.